The Bertz CT molecular complexity index is 984. The van der Waals surface area contributed by atoms with Gasteiger partial charge in [-0.2, -0.15) is 0 Å². The number of fused-ring (bicyclic) bond motifs is 1. The quantitative estimate of drug-likeness (QED) is 0.515. The second-order valence-corrected chi connectivity index (χ2v) is 6.57. The highest BCUT2D eigenvalue weighted by Gasteiger charge is 2.11. The molecule has 0 radical (unpaired) electrons. The summed E-state index contributed by atoms with van der Waals surface area (Å²) in [5.41, 5.74) is 1.41. The second kappa shape index (κ2) is 7.57. The number of para-hydroxylation sites is 1. The zero-order valence-corrected chi connectivity index (χ0v) is 15.5. The van der Waals surface area contributed by atoms with Crippen LogP contribution in [0.2, 0.25) is 0 Å². The van der Waals surface area contributed by atoms with Crippen LogP contribution >= 0.6 is 15.9 Å². The van der Waals surface area contributed by atoms with E-state index in [1.165, 1.54) is 11.8 Å². The number of halogens is 1. The van der Waals surface area contributed by atoms with Gasteiger partial charge in [-0.3, -0.25) is 4.79 Å². The van der Waals surface area contributed by atoms with Crippen molar-refractivity contribution in [2.24, 2.45) is 0 Å². The van der Waals surface area contributed by atoms with Gasteiger partial charge in [0.15, 0.2) is 0 Å². The van der Waals surface area contributed by atoms with Crippen molar-refractivity contribution in [3.05, 3.63) is 75.1 Å². The minimum atomic E-state index is -0.229. The normalized spacial score (nSPS) is 10.5. The van der Waals surface area contributed by atoms with Crippen molar-refractivity contribution >= 4 is 26.9 Å². The van der Waals surface area contributed by atoms with Crippen LogP contribution in [0.4, 0.5) is 0 Å². The first-order chi connectivity index (χ1) is 12.0. The summed E-state index contributed by atoms with van der Waals surface area (Å²) in [6, 6.07) is 12.5. The van der Waals surface area contributed by atoms with E-state index in [0.29, 0.717) is 29.1 Å². The van der Waals surface area contributed by atoms with Gasteiger partial charge in [0.1, 0.15) is 30.0 Å². The Kier molecular flexibility index (Phi) is 5.24. The molecule has 5 heteroatoms. The lowest BCUT2D eigenvalue weighted by atomic mass is 10.2. The predicted molar refractivity (Wildman–Crippen MR) is 102 cm³/mol. The molecule has 3 rings (SSSR count). The van der Waals surface area contributed by atoms with E-state index in [4.69, 9.17) is 13.9 Å². The molecule has 0 N–H and O–H groups in total. The molecule has 0 aliphatic heterocycles. The molecule has 0 saturated heterocycles. The molecule has 1 aromatic heterocycles. The Hall–Kier alpha value is -2.53. The average molecular weight is 401 g/mol. The highest BCUT2D eigenvalue weighted by Crippen LogP contribution is 2.29. The molecule has 3 aromatic rings. The molecular weight excluding hydrogens is 384 g/mol. The van der Waals surface area contributed by atoms with Crippen LogP contribution in [-0.4, -0.2) is 6.61 Å². The van der Waals surface area contributed by atoms with Crippen LogP contribution in [0.15, 0.2) is 74.1 Å². The van der Waals surface area contributed by atoms with Gasteiger partial charge in [0.05, 0.1) is 9.86 Å². The smallest absolute Gasteiger partial charge is 0.235 e. The molecule has 0 amide bonds. The lowest BCUT2D eigenvalue weighted by molar-refractivity contribution is 0.361. The van der Waals surface area contributed by atoms with Gasteiger partial charge in [0.25, 0.3) is 0 Å². The van der Waals surface area contributed by atoms with Crippen molar-refractivity contribution in [2.45, 2.75) is 13.8 Å². The molecule has 0 unspecified atom stereocenters. The van der Waals surface area contributed by atoms with Crippen LogP contribution in [0.25, 0.3) is 11.0 Å². The minimum Gasteiger partial charge on any atom is -0.489 e. The number of hydrogen-bond donors (Lipinski definition) is 0. The van der Waals surface area contributed by atoms with Crippen LogP contribution in [0, 0.1) is 0 Å². The fourth-order valence-electron chi connectivity index (χ4n) is 2.20. The fraction of sp³-hybridized carbons (Fsp3) is 0.150. The maximum absolute atomic E-state index is 12.6. The number of allylic oxidation sites excluding steroid dienone is 1. The highest BCUT2D eigenvalue weighted by molar-refractivity contribution is 9.10. The van der Waals surface area contributed by atoms with Gasteiger partial charge < -0.3 is 13.9 Å². The highest BCUT2D eigenvalue weighted by atomic mass is 79.9. The summed E-state index contributed by atoms with van der Waals surface area (Å²) in [7, 11) is 0. The summed E-state index contributed by atoms with van der Waals surface area (Å²) < 4.78 is 17.6. The van der Waals surface area contributed by atoms with E-state index in [1.54, 1.807) is 24.3 Å². The SMILES string of the molecule is CC(C)=CCOc1ccc2c(=O)c(Oc3ccccc3Br)coc2c1. The molecule has 25 heavy (non-hydrogen) atoms. The number of benzene rings is 2. The minimum absolute atomic E-state index is 0.137. The molecule has 0 atom stereocenters. The standard InChI is InChI=1S/C20H17BrO4/c1-13(2)9-10-23-14-7-8-15-18(11-14)24-12-19(20(15)22)25-17-6-4-3-5-16(17)21/h3-9,11-12H,10H2,1-2H3. The third-order valence-electron chi connectivity index (χ3n) is 3.51. The average Bonchev–Trinajstić information content (AvgIpc) is 2.59. The van der Waals surface area contributed by atoms with Crippen molar-refractivity contribution < 1.29 is 13.9 Å². The van der Waals surface area contributed by atoms with Crippen LogP contribution in [0.1, 0.15) is 13.8 Å². The van der Waals surface area contributed by atoms with Gasteiger partial charge in [0.2, 0.25) is 11.2 Å². The molecule has 128 valence electrons. The Balaban J connectivity index is 1.89. The van der Waals surface area contributed by atoms with Crippen molar-refractivity contribution in [3.8, 4) is 17.2 Å². The van der Waals surface area contributed by atoms with Gasteiger partial charge in [-0.1, -0.05) is 17.7 Å². The third-order valence-corrected chi connectivity index (χ3v) is 4.17. The fourth-order valence-corrected chi connectivity index (χ4v) is 2.57. The molecule has 0 aliphatic carbocycles. The maximum atomic E-state index is 12.6. The van der Waals surface area contributed by atoms with E-state index in [2.05, 4.69) is 15.9 Å². The second-order valence-electron chi connectivity index (χ2n) is 5.71. The van der Waals surface area contributed by atoms with Gasteiger partial charge in [0, 0.05) is 6.07 Å². The largest absolute Gasteiger partial charge is 0.489 e. The summed E-state index contributed by atoms with van der Waals surface area (Å²) >= 11 is 3.39. The summed E-state index contributed by atoms with van der Waals surface area (Å²) in [6.07, 6.45) is 3.30. The molecule has 4 nitrogen and oxygen atoms in total. The molecule has 0 fully saturated rings. The van der Waals surface area contributed by atoms with Gasteiger partial charge in [-0.25, -0.2) is 0 Å². The predicted octanol–water partition coefficient (Wildman–Crippen LogP) is 5.69. The van der Waals surface area contributed by atoms with Crippen LogP contribution < -0.4 is 14.9 Å². The maximum Gasteiger partial charge on any atom is 0.235 e. The summed E-state index contributed by atoms with van der Waals surface area (Å²) in [4.78, 5) is 12.6. The van der Waals surface area contributed by atoms with Gasteiger partial charge in [-0.15, -0.1) is 0 Å². The Morgan fingerprint density at radius 3 is 2.72 bits per heavy atom. The lowest BCUT2D eigenvalue weighted by Crippen LogP contribution is -2.05. The third kappa shape index (κ3) is 4.12. The molecule has 0 spiro atoms. The first-order valence-electron chi connectivity index (χ1n) is 7.78. The van der Waals surface area contributed by atoms with Gasteiger partial charge >= 0.3 is 0 Å². The zero-order valence-electron chi connectivity index (χ0n) is 13.9. The molecule has 2 aromatic carbocycles. The van der Waals surface area contributed by atoms with Gasteiger partial charge in [-0.05, 0) is 60.1 Å². The molecular formula is C20H17BrO4. The molecule has 0 saturated carbocycles. The molecule has 1 heterocycles. The van der Waals surface area contributed by atoms with E-state index >= 15 is 0 Å². The number of rotatable bonds is 5. The van der Waals surface area contributed by atoms with Crippen LogP contribution in [-0.2, 0) is 0 Å². The Morgan fingerprint density at radius 2 is 1.96 bits per heavy atom. The zero-order chi connectivity index (χ0) is 17.8. The topological polar surface area (TPSA) is 48.7 Å². The van der Waals surface area contributed by atoms with Crippen LogP contribution in [0.3, 0.4) is 0 Å². The molecule has 0 bridgehead atoms. The number of ether oxygens (including phenoxy) is 2. The van der Waals surface area contributed by atoms with E-state index in [1.807, 2.05) is 38.1 Å². The van der Waals surface area contributed by atoms with Crippen molar-refractivity contribution in [3.63, 3.8) is 0 Å². The molecule has 0 aliphatic rings. The van der Waals surface area contributed by atoms with E-state index in [0.717, 1.165) is 4.47 Å². The lowest BCUT2D eigenvalue weighted by Gasteiger charge is -2.08. The van der Waals surface area contributed by atoms with Crippen molar-refractivity contribution in [2.75, 3.05) is 6.61 Å². The Labute approximate surface area is 153 Å². The summed E-state index contributed by atoms with van der Waals surface area (Å²) in [5, 5.41) is 0.444. The van der Waals surface area contributed by atoms with Crippen LogP contribution in [0.5, 0.6) is 17.2 Å². The van der Waals surface area contributed by atoms with E-state index in [-0.39, 0.29) is 11.2 Å². The monoisotopic (exact) mass is 400 g/mol. The van der Waals surface area contributed by atoms with E-state index in [9.17, 15) is 4.79 Å². The Morgan fingerprint density at radius 1 is 1.16 bits per heavy atom. The van der Waals surface area contributed by atoms with E-state index < -0.39 is 0 Å². The summed E-state index contributed by atoms with van der Waals surface area (Å²) in [5.74, 6) is 1.33. The number of hydrogen-bond acceptors (Lipinski definition) is 4. The first kappa shape index (κ1) is 17.3. The van der Waals surface area contributed by atoms with Crippen molar-refractivity contribution in [1.29, 1.82) is 0 Å². The first-order valence-corrected chi connectivity index (χ1v) is 8.58. The van der Waals surface area contributed by atoms with Crippen molar-refractivity contribution in [1.82, 2.24) is 0 Å². The summed E-state index contributed by atoms with van der Waals surface area (Å²) in [6.45, 7) is 4.49.